The second kappa shape index (κ2) is 4.73. The maximum atomic E-state index is 12.2. The van der Waals surface area contributed by atoms with Gasteiger partial charge in [0, 0.05) is 5.41 Å². The van der Waals surface area contributed by atoms with Gasteiger partial charge in [0.1, 0.15) is 0 Å². The molecule has 0 radical (unpaired) electrons. The zero-order valence-electron chi connectivity index (χ0n) is 10.9. The number of carbonyl (C=O) groups excluding carboxylic acids is 1. The van der Waals surface area contributed by atoms with Gasteiger partial charge >= 0.3 is 6.01 Å². The molecule has 0 aliphatic heterocycles. The van der Waals surface area contributed by atoms with Crippen LogP contribution >= 0.6 is 0 Å². The number of nitrogens with two attached hydrogens (primary N) is 1. The molecule has 0 aliphatic carbocycles. The maximum absolute atomic E-state index is 12.2. The molecular formula is C11H20N4O2. The summed E-state index contributed by atoms with van der Waals surface area (Å²) in [5, 5.41) is 6.59. The Labute approximate surface area is 101 Å². The summed E-state index contributed by atoms with van der Waals surface area (Å²) in [6, 6.07) is -0.370. The molecule has 0 saturated carbocycles. The third kappa shape index (κ3) is 3.44. The highest BCUT2D eigenvalue weighted by Crippen LogP contribution is 2.22. The van der Waals surface area contributed by atoms with Crippen LogP contribution in [0.4, 0.5) is 12.0 Å². The van der Waals surface area contributed by atoms with E-state index in [1.54, 1.807) is 0 Å². The van der Waals surface area contributed by atoms with Crippen molar-refractivity contribution in [2.24, 2.45) is 11.3 Å². The van der Waals surface area contributed by atoms with E-state index in [2.05, 4.69) is 20.0 Å². The number of aromatic nitrogens is 2. The normalized spacial score (nSPS) is 13.8. The SMILES string of the molecule is CC(C)[C@H](Nc1noc(N)n1)C(=O)C(C)(C)C. The van der Waals surface area contributed by atoms with Crippen molar-refractivity contribution in [3.8, 4) is 0 Å². The Hall–Kier alpha value is -1.59. The highest BCUT2D eigenvalue weighted by atomic mass is 16.5. The van der Waals surface area contributed by atoms with Crippen LogP contribution in [-0.4, -0.2) is 22.0 Å². The summed E-state index contributed by atoms with van der Waals surface area (Å²) in [5.74, 6) is 0.483. The molecule has 6 nitrogen and oxygen atoms in total. The van der Waals surface area contributed by atoms with Gasteiger partial charge in [0.05, 0.1) is 6.04 Å². The van der Waals surface area contributed by atoms with Crippen molar-refractivity contribution in [2.75, 3.05) is 11.1 Å². The molecule has 1 aromatic rings. The molecule has 0 unspecified atom stereocenters. The molecule has 0 amide bonds. The molecule has 0 fully saturated rings. The topological polar surface area (TPSA) is 94.0 Å². The van der Waals surface area contributed by atoms with E-state index >= 15 is 0 Å². The quantitative estimate of drug-likeness (QED) is 0.832. The summed E-state index contributed by atoms with van der Waals surface area (Å²) < 4.78 is 4.65. The molecule has 1 aromatic heterocycles. The van der Waals surface area contributed by atoms with E-state index in [1.165, 1.54) is 0 Å². The van der Waals surface area contributed by atoms with E-state index < -0.39 is 5.41 Å². The van der Waals surface area contributed by atoms with Gasteiger partial charge in [0.2, 0.25) is 0 Å². The number of nitrogens with one attached hydrogen (secondary N) is 1. The smallest absolute Gasteiger partial charge is 0.320 e. The third-order valence-corrected chi connectivity index (χ3v) is 2.41. The Morgan fingerprint density at radius 3 is 2.35 bits per heavy atom. The zero-order valence-corrected chi connectivity index (χ0v) is 10.9. The highest BCUT2D eigenvalue weighted by Gasteiger charge is 2.32. The van der Waals surface area contributed by atoms with Crippen LogP contribution in [0.15, 0.2) is 4.52 Å². The van der Waals surface area contributed by atoms with Crippen LogP contribution < -0.4 is 11.1 Å². The Bertz CT molecular complexity index is 392. The number of hydrogen-bond donors (Lipinski definition) is 2. The average Bonchev–Trinajstić information content (AvgIpc) is 2.57. The molecule has 1 rings (SSSR count). The number of nitrogen functional groups attached to an aromatic ring is 1. The Morgan fingerprint density at radius 1 is 1.41 bits per heavy atom. The van der Waals surface area contributed by atoms with Crippen LogP contribution in [0.1, 0.15) is 34.6 Å². The van der Waals surface area contributed by atoms with Gasteiger partial charge in [-0.15, -0.1) is 0 Å². The number of nitrogens with zero attached hydrogens (tertiary/aromatic N) is 2. The first kappa shape index (κ1) is 13.5. The minimum Gasteiger partial charge on any atom is -0.351 e. The molecule has 0 aliphatic rings. The molecule has 0 aromatic carbocycles. The van der Waals surface area contributed by atoms with Gasteiger partial charge in [-0.25, -0.2) is 0 Å². The van der Waals surface area contributed by atoms with Gasteiger partial charge in [0.15, 0.2) is 5.78 Å². The number of anilines is 2. The van der Waals surface area contributed by atoms with Crippen LogP contribution in [0, 0.1) is 11.3 Å². The van der Waals surface area contributed by atoms with Crippen molar-refractivity contribution in [3.63, 3.8) is 0 Å². The molecule has 1 atom stereocenters. The van der Waals surface area contributed by atoms with Crippen molar-refractivity contribution in [1.29, 1.82) is 0 Å². The molecule has 1 heterocycles. The van der Waals surface area contributed by atoms with Crippen molar-refractivity contribution in [2.45, 2.75) is 40.7 Å². The minimum atomic E-state index is -0.419. The zero-order chi connectivity index (χ0) is 13.2. The second-order valence-corrected chi connectivity index (χ2v) is 5.44. The first-order valence-corrected chi connectivity index (χ1v) is 5.62. The third-order valence-electron chi connectivity index (χ3n) is 2.41. The number of Topliss-reactive ketones (excluding diaryl/α,β-unsaturated/α-hetero) is 1. The summed E-state index contributed by atoms with van der Waals surface area (Å²) in [6.07, 6.45) is 0. The van der Waals surface area contributed by atoms with E-state index in [0.29, 0.717) is 0 Å². The van der Waals surface area contributed by atoms with Crippen LogP contribution in [-0.2, 0) is 4.79 Å². The fourth-order valence-electron chi connectivity index (χ4n) is 1.43. The molecule has 0 bridgehead atoms. The van der Waals surface area contributed by atoms with Crippen molar-refractivity contribution < 1.29 is 9.32 Å². The van der Waals surface area contributed by atoms with Gasteiger partial charge in [0.25, 0.3) is 5.95 Å². The first-order valence-electron chi connectivity index (χ1n) is 5.62. The van der Waals surface area contributed by atoms with Crippen LogP contribution in [0.2, 0.25) is 0 Å². The summed E-state index contributed by atoms with van der Waals surface area (Å²) in [7, 11) is 0. The maximum Gasteiger partial charge on any atom is 0.320 e. The molecular weight excluding hydrogens is 220 g/mol. The van der Waals surface area contributed by atoms with Crippen LogP contribution in [0.5, 0.6) is 0 Å². The van der Waals surface area contributed by atoms with Gasteiger partial charge in [-0.05, 0) is 11.1 Å². The van der Waals surface area contributed by atoms with E-state index in [-0.39, 0.29) is 29.7 Å². The van der Waals surface area contributed by atoms with Gasteiger partial charge < -0.3 is 15.6 Å². The lowest BCUT2D eigenvalue weighted by Gasteiger charge is -2.27. The van der Waals surface area contributed by atoms with E-state index in [9.17, 15) is 4.79 Å². The predicted octanol–water partition coefficient (Wildman–Crippen LogP) is 1.70. The standard InChI is InChI=1S/C11H20N4O2/c1-6(2)7(8(16)11(3,4)5)13-10-14-9(12)17-15-10/h6-7H,1-5H3,(H3,12,13,14,15)/t7-/m0/s1. The lowest BCUT2D eigenvalue weighted by molar-refractivity contribution is -0.127. The summed E-state index contributed by atoms with van der Waals surface area (Å²) in [6.45, 7) is 9.58. The molecule has 0 spiro atoms. The first-order chi connectivity index (χ1) is 7.71. The van der Waals surface area contributed by atoms with Crippen LogP contribution in [0.25, 0.3) is 0 Å². The molecule has 17 heavy (non-hydrogen) atoms. The number of rotatable bonds is 4. The van der Waals surface area contributed by atoms with Gasteiger partial charge in [-0.3, -0.25) is 4.79 Å². The van der Waals surface area contributed by atoms with Crippen LogP contribution in [0.3, 0.4) is 0 Å². The molecule has 6 heteroatoms. The summed E-state index contributed by atoms with van der Waals surface area (Å²) in [4.78, 5) is 16.1. The van der Waals surface area contributed by atoms with Crippen molar-refractivity contribution in [1.82, 2.24) is 10.1 Å². The minimum absolute atomic E-state index is 0.0155. The number of ketones is 1. The second-order valence-electron chi connectivity index (χ2n) is 5.44. The van der Waals surface area contributed by atoms with Crippen molar-refractivity contribution >= 4 is 17.7 Å². The summed E-state index contributed by atoms with van der Waals surface area (Å²) in [5.41, 5.74) is 4.91. The Morgan fingerprint density at radius 2 is 2.00 bits per heavy atom. The Kier molecular flexibility index (Phi) is 3.75. The van der Waals surface area contributed by atoms with Crippen molar-refractivity contribution in [3.05, 3.63) is 0 Å². The molecule has 0 saturated heterocycles. The summed E-state index contributed by atoms with van der Waals surface area (Å²) >= 11 is 0. The molecule has 96 valence electrons. The van der Waals surface area contributed by atoms with E-state index in [1.807, 2.05) is 34.6 Å². The highest BCUT2D eigenvalue weighted by molar-refractivity contribution is 5.90. The van der Waals surface area contributed by atoms with E-state index in [4.69, 9.17) is 5.73 Å². The average molecular weight is 240 g/mol. The number of carbonyl (C=O) groups is 1. The largest absolute Gasteiger partial charge is 0.351 e. The number of hydrogen-bond acceptors (Lipinski definition) is 6. The molecule has 3 N–H and O–H groups in total. The fourth-order valence-corrected chi connectivity index (χ4v) is 1.43. The fraction of sp³-hybridized carbons (Fsp3) is 0.727. The monoisotopic (exact) mass is 240 g/mol. The lowest BCUT2D eigenvalue weighted by Crippen LogP contribution is -2.41. The predicted molar refractivity (Wildman–Crippen MR) is 65.4 cm³/mol. The van der Waals surface area contributed by atoms with E-state index in [0.717, 1.165) is 0 Å². The Balaban J connectivity index is 2.84. The lowest BCUT2D eigenvalue weighted by atomic mass is 9.82. The van der Waals surface area contributed by atoms with Gasteiger partial charge in [-0.1, -0.05) is 34.6 Å². The van der Waals surface area contributed by atoms with Gasteiger partial charge in [-0.2, -0.15) is 4.98 Å².